The van der Waals surface area contributed by atoms with Gasteiger partial charge in [-0.3, -0.25) is 4.79 Å². The molecule has 0 aliphatic carbocycles. The highest BCUT2D eigenvalue weighted by Crippen LogP contribution is 2.26. The quantitative estimate of drug-likeness (QED) is 0.649. The van der Waals surface area contributed by atoms with Crippen molar-refractivity contribution in [3.05, 3.63) is 57.6 Å². The van der Waals surface area contributed by atoms with E-state index in [1.165, 1.54) is 0 Å². The Labute approximate surface area is 125 Å². The predicted molar refractivity (Wildman–Crippen MR) is 79.6 cm³/mol. The largest absolute Gasteiger partial charge is 0.398 e. The zero-order valence-corrected chi connectivity index (χ0v) is 12.2. The lowest BCUT2D eigenvalue weighted by molar-refractivity contribution is 0.102. The maximum atomic E-state index is 13.7. The summed E-state index contributed by atoms with van der Waals surface area (Å²) in [7, 11) is 0. The lowest BCUT2D eigenvalue weighted by Crippen LogP contribution is -2.16. The lowest BCUT2D eigenvalue weighted by Gasteiger charge is -2.14. The standard InChI is InChI=1S/C15H13ClF2N2O/c1-7-3-4-13(19)8(2)14(7)20-15(21)9-5-12(18)10(16)6-11(9)17/h3-6H,19H2,1-2H3,(H,20,21). The Morgan fingerprint density at radius 2 is 1.86 bits per heavy atom. The number of halogens is 3. The highest BCUT2D eigenvalue weighted by atomic mass is 35.5. The number of nitrogens with two attached hydrogens (primary N) is 1. The van der Waals surface area contributed by atoms with Crippen LogP contribution in [0, 0.1) is 25.5 Å². The number of hydrogen-bond donors (Lipinski definition) is 2. The first-order valence-electron chi connectivity index (χ1n) is 6.13. The SMILES string of the molecule is Cc1ccc(N)c(C)c1NC(=O)c1cc(F)c(Cl)cc1F. The molecule has 0 aliphatic rings. The van der Waals surface area contributed by atoms with E-state index in [4.69, 9.17) is 17.3 Å². The number of carbonyl (C=O) groups excluding carboxylic acids is 1. The van der Waals surface area contributed by atoms with E-state index in [1.54, 1.807) is 26.0 Å². The van der Waals surface area contributed by atoms with Gasteiger partial charge < -0.3 is 11.1 Å². The van der Waals surface area contributed by atoms with Gasteiger partial charge in [0.15, 0.2) is 0 Å². The summed E-state index contributed by atoms with van der Waals surface area (Å²) >= 11 is 5.46. The number of benzene rings is 2. The van der Waals surface area contributed by atoms with Crippen LogP contribution >= 0.6 is 11.6 Å². The zero-order valence-electron chi connectivity index (χ0n) is 11.4. The summed E-state index contributed by atoms with van der Waals surface area (Å²) in [6.45, 7) is 3.51. The molecule has 0 atom stereocenters. The molecule has 6 heteroatoms. The lowest BCUT2D eigenvalue weighted by atomic mass is 10.1. The Balaban J connectivity index is 2.40. The van der Waals surface area contributed by atoms with Crippen LogP contribution in [-0.2, 0) is 0 Å². The van der Waals surface area contributed by atoms with E-state index in [1.807, 2.05) is 0 Å². The number of hydrogen-bond acceptors (Lipinski definition) is 2. The van der Waals surface area contributed by atoms with Crippen LogP contribution in [0.1, 0.15) is 21.5 Å². The second-order valence-electron chi connectivity index (χ2n) is 4.67. The first-order valence-corrected chi connectivity index (χ1v) is 6.50. The van der Waals surface area contributed by atoms with Gasteiger partial charge >= 0.3 is 0 Å². The van der Waals surface area contributed by atoms with Crippen LogP contribution < -0.4 is 11.1 Å². The molecule has 110 valence electrons. The topological polar surface area (TPSA) is 55.1 Å². The van der Waals surface area contributed by atoms with Crippen molar-refractivity contribution in [1.82, 2.24) is 0 Å². The van der Waals surface area contributed by atoms with Crippen molar-refractivity contribution in [3.63, 3.8) is 0 Å². The Morgan fingerprint density at radius 3 is 2.52 bits per heavy atom. The number of rotatable bonds is 2. The van der Waals surface area contributed by atoms with E-state index in [-0.39, 0.29) is 5.02 Å². The molecule has 3 N–H and O–H groups in total. The van der Waals surface area contributed by atoms with Crippen molar-refractivity contribution < 1.29 is 13.6 Å². The number of aryl methyl sites for hydroxylation is 1. The summed E-state index contributed by atoms with van der Waals surface area (Å²) in [6.07, 6.45) is 0. The predicted octanol–water partition coefficient (Wildman–Crippen LogP) is 4.07. The van der Waals surface area contributed by atoms with Crippen molar-refractivity contribution in [2.75, 3.05) is 11.1 Å². The van der Waals surface area contributed by atoms with Gasteiger partial charge in [0, 0.05) is 11.4 Å². The van der Waals surface area contributed by atoms with Crippen molar-refractivity contribution in [3.8, 4) is 0 Å². The molecule has 3 nitrogen and oxygen atoms in total. The van der Waals surface area contributed by atoms with Crippen molar-refractivity contribution in [2.45, 2.75) is 13.8 Å². The smallest absolute Gasteiger partial charge is 0.258 e. The molecule has 0 fully saturated rings. The molecule has 1 amide bonds. The average molecular weight is 311 g/mol. The van der Waals surface area contributed by atoms with Crippen LogP contribution in [0.25, 0.3) is 0 Å². The van der Waals surface area contributed by atoms with Gasteiger partial charge in [-0.05, 0) is 43.2 Å². The van der Waals surface area contributed by atoms with Gasteiger partial charge in [-0.2, -0.15) is 0 Å². The van der Waals surface area contributed by atoms with E-state index < -0.39 is 23.1 Å². The number of carbonyl (C=O) groups is 1. The van der Waals surface area contributed by atoms with Gasteiger partial charge in [0.25, 0.3) is 5.91 Å². The molecule has 0 bridgehead atoms. The maximum Gasteiger partial charge on any atom is 0.258 e. The fourth-order valence-corrected chi connectivity index (χ4v) is 2.08. The van der Waals surface area contributed by atoms with Crippen molar-refractivity contribution in [2.24, 2.45) is 0 Å². The summed E-state index contributed by atoms with van der Waals surface area (Å²) in [6, 6.07) is 4.98. The molecule has 0 saturated heterocycles. The van der Waals surface area contributed by atoms with Crippen LogP contribution in [0.2, 0.25) is 5.02 Å². The third kappa shape index (κ3) is 2.97. The third-order valence-corrected chi connectivity index (χ3v) is 3.50. The summed E-state index contributed by atoms with van der Waals surface area (Å²) in [5.41, 5.74) is 7.77. The number of nitrogen functional groups attached to an aromatic ring is 1. The van der Waals surface area contributed by atoms with Gasteiger partial charge in [0.1, 0.15) is 11.6 Å². The number of amides is 1. The molecule has 0 heterocycles. The fraction of sp³-hybridized carbons (Fsp3) is 0.133. The van der Waals surface area contributed by atoms with Crippen LogP contribution in [0.4, 0.5) is 20.2 Å². The van der Waals surface area contributed by atoms with Crippen LogP contribution in [0.3, 0.4) is 0 Å². The van der Waals surface area contributed by atoms with Crippen molar-refractivity contribution in [1.29, 1.82) is 0 Å². The van der Waals surface area contributed by atoms with E-state index in [2.05, 4.69) is 5.32 Å². The van der Waals surface area contributed by atoms with E-state index in [0.717, 1.165) is 17.7 Å². The molecule has 0 aliphatic heterocycles. The minimum Gasteiger partial charge on any atom is -0.398 e. The normalized spacial score (nSPS) is 10.5. The molecule has 0 saturated carbocycles. The molecule has 21 heavy (non-hydrogen) atoms. The second kappa shape index (κ2) is 5.69. The summed E-state index contributed by atoms with van der Waals surface area (Å²) < 4.78 is 27.1. The van der Waals surface area contributed by atoms with Crippen LogP contribution in [-0.4, -0.2) is 5.91 Å². The Hall–Kier alpha value is -2.14. The molecule has 0 radical (unpaired) electrons. The minimum absolute atomic E-state index is 0.375. The minimum atomic E-state index is -0.891. The second-order valence-corrected chi connectivity index (χ2v) is 5.08. The fourth-order valence-electron chi connectivity index (χ4n) is 1.93. The summed E-state index contributed by atoms with van der Waals surface area (Å²) in [5, 5.41) is 2.18. The molecule has 2 aromatic rings. The van der Waals surface area contributed by atoms with Crippen molar-refractivity contribution >= 4 is 28.9 Å². The monoisotopic (exact) mass is 310 g/mol. The molecule has 2 aromatic carbocycles. The van der Waals surface area contributed by atoms with Gasteiger partial charge in [-0.15, -0.1) is 0 Å². The highest BCUT2D eigenvalue weighted by molar-refractivity contribution is 6.30. The van der Waals surface area contributed by atoms with Gasteiger partial charge in [0.2, 0.25) is 0 Å². The molecular weight excluding hydrogens is 298 g/mol. The van der Waals surface area contributed by atoms with Gasteiger partial charge in [-0.25, -0.2) is 8.78 Å². The first kappa shape index (κ1) is 15.3. The zero-order chi connectivity index (χ0) is 15.7. The van der Waals surface area contributed by atoms with Gasteiger partial charge in [-0.1, -0.05) is 17.7 Å². The average Bonchev–Trinajstić information content (AvgIpc) is 2.43. The third-order valence-electron chi connectivity index (χ3n) is 3.21. The Kier molecular flexibility index (Phi) is 4.14. The van der Waals surface area contributed by atoms with E-state index in [9.17, 15) is 13.6 Å². The molecule has 0 unspecified atom stereocenters. The van der Waals surface area contributed by atoms with E-state index in [0.29, 0.717) is 16.9 Å². The number of anilines is 2. The maximum absolute atomic E-state index is 13.7. The molecule has 0 spiro atoms. The number of nitrogens with one attached hydrogen (secondary N) is 1. The molecule has 2 rings (SSSR count). The Bertz CT molecular complexity index is 732. The Morgan fingerprint density at radius 1 is 1.19 bits per heavy atom. The molecular formula is C15H13ClF2N2O. The van der Waals surface area contributed by atoms with Crippen LogP contribution in [0.15, 0.2) is 24.3 Å². The summed E-state index contributed by atoms with van der Waals surface area (Å²) in [4.78, 5) is 12.1. The highest BCUT2D eigenvalue weighted by Gasteiger charge is 2.17. The molecule has 0 aromatic heterocycles. The van der Waals surface area contributed by atoms with Gasteiger partial charge in [0.05, 0.1) is 10.6 Å². The van der Waals surface area contributed by atoms with E-state index >= 15 is 0 Å². The van der Waals surface area contributed by atoms with Crippen LogP contribution in [0.5, 0.6) is 0 Å². The first-order chi connectivity index (χ1) is 9.81. The summed E-state index contributed by atoms with van der Waals surface area (Å²) in [5.74, 6) is -2.51.